The lowest BCUT2D eigenvalue weighted by molar-refractivity contribution is -0.460. The van der Waals surface area contributed by atoms with Crippen molar-refractivity contribution in [3.63, 3.8) is 0 Å². The quantitative estimate of drug-likeness (QED) is 0.612. The van der Waals surface area contributed by atoms with Gasteiger partial charge in [0.1, 0.15) is 11.5 Å². The van der Waals surface area contributed by atoms with Crippen molar-refractivity contribution >= 4 is 34.3 Å². The first-order valence-electron chi connectivity index (χ1n) is 6.33. The first-order valence-corrected chi connectivity index (χ1v) is 6.33. The molecular weight excluding hydrogens is 250 g/mol. The highest BCUT2D eigenvalue weighted by molar-refractivity contribution is 5.78. The topological polar surface area (TPSA) is 67.6 Å². The minimum absolute atomic E-state index is 0.796. The van der Waals surface area contributed by atoms with E-state index in [-0.39, 0.29) is 0 Å². The zero-order valence-electron chi connectivity index (χ0n) is 10.6. The number of aromatic amines is 1. The van der Waals surface area contributed by atoms with Crippen LogP contribution in [0.15, 0.2) is 48.8 Å². The fourth-order valence-electron chi connectivity index (χ4n) is 2.37. The van der Waals surface area contributed by atoms with E-state index in [2.05, 4.69) is 15.3 Å². The minimum atomic E-state index is 0.796. The number of anilines is 2. The summed E-state index contributed by atoms with van der Waals surface area (Å²) in [5.74, 6) is 0.796. The molecule has 5 heteroatoms. The van der Waals surface area contributed by atoms with Crippen LogP contribution in [0.4, 0.5) is 17.2 Å². The van der Waals surface area contributed by atoms with E-state index < -0.39 is 0 Å². The van der Waals surface area contributed by atoms with Crippen molar-refractivity contribution in [3.8, 4) is 0 Å². The third-order valence-corrected chi connectivity index (χ3v) is 3.37. The van der Waals surface area contributed by atoms with Gasteiger partial charge in [0.15, 0.2) is 0 Å². The lowest BCUT2D eigenvalue weighted by Gasteiger charge is -2.06. The standard InChI is InChI=1S/C15H11N5/c16-20-8-6-11-9-12(2-3-13(11)20)18-14-4-1-10-5-7-17-15(10)19-14/h1-9H,16H2/p+1. The SMILES string of the molecule is N=[N+]1C=Cc2cc(Nc3ccc4cc[nH]c4n3)ccc21. The van der Waals surface area contributed by atoms with Crippen LogP contribution in [-0.4, -0.2) is 14.7 Å². The number of pyridine rings is 1. The summed E-state index contributed by atoms with van der Waals surface area (Å²) in [6.45, 7) is 0. The Hall–Kier alpha value is -2.95. The number of benzene rings is 1. The van der Waals surface area contributed by atoms with Crippen molar-refractivity contribution in [2.45, 2.75) is 0 Å². The highest BCUT2D eigenvalue weighted by Crippen LogP contribution is 2.30. The zero-order valence-corrected chi connectivity index (χ0v) is 10.6. The highest BCUT2D eigenvalue weighted by Gasteiger charge is 2.18. The van der Waals surface area contributed by atoms with Crippen LogP contribution in [0.2, 0.25) is 0 Å². The molecule has 3 aromatic rings. The molecule has 0 saturated heterocycles. The molecule has 96 valence electrons. The van der Waals surface area contributed by atoms with Gasteiger partial charge in [0.2, 0.25) is 11.9 Å². The van der Waals surface area contributed by atoms with Crippen molar-refractivity contribution in [2.75, 3.05) is 5.32 Å². The Morgan fingerprint density at radius 1 is 1.15 bits per heavy atom. The Bertz CT molecular complexity index is 860. The number of hydrogen-bond donors (Lipinski definition) is 3. The Morgan fingerprint density at radius 3 is 3.05 bits per heavy atom. The second-order valence-electron chi connectivity index (χ2n) is 4.70. The molecule has 1 aromatic carbocycles. The van der Waals surface area contributed by atoms with Gasteiger partial charge < -0.3 is 10.3 Å². The average molecular weight is 262 g/mol. The van der Waals surface area contributed by atoms with Crippen LogP contribution in [0.25, 0.3) is 17.1 Å². The van der Waals surface area contributed by atoms with Crippen LogP contribution >= 0.6 is 0 Å². The summed E-state index contributed by atoms with van der Waals surface area (Å²) in [6.07, 6.45) is 5.54. The summed E-state index contributed by atoms with van der Waals surface area (Å²) in [5.41, 5.74) is 11.4. The van der Waals surface area contributed by atoms with Gasteiger partial charge in [-0.15, -0.1) is 0 Å². The third kappa shape index (κ3) is 1.68. The molecule has 0 fully saturated rings. The molecule has 3 heterocycles. The largest absolute Gasteiger partial charge is 0.346 e. The van der Waals surface area contributed by atoms with Crippen molar-refractivity contribution < 1.29 is 4.70 Å². The van der Waals surface area contributed by atoms with E-state index in [9.17, 15) is 0 Å². The van der Waals surface area contributed by atoms with Crippen molar-refractivity contribution in [3.05, 3.63) is 54.4 Å². The third-order valence-electron chi connectivity index (χ3n) is 3.37. The summed E-state index contributed by atoms with van der Waals surface area (Å²) in [5, 5.41) is 4.38. The maximum absolute atomic E-state index is 7.69. The number of rotatable bonds is 2. The van der Waals surface area contributed by atoms with Gasteiger partial charge >= 0.3 is 0 Å². The van der Waals surface area contributed by atoms with E-state index in [1.54, 1.807) is 6.20 Å². The van der Waals surface area contributed by atoms with Crippen molar-refractivity contribution in [2.24, 2.45) is 0 Å². The van der Waals surface area contributed by atoms with Gasteiger partial charge in [-0.2, -0.15) is 0 Å². The second-order valence-corrected chi connectivity index (χ2v) is 4.70. The smallest absolute Gasteiger partial charge is 0.244 e. The molecule has 0 aliphatic carbocycles. The van der Waals surface area contributed by atoms with Crippen LogP contribution in [0, 0.1) is 5.53 Å². The normalized spacial score (nSPS) is 12.9. The van der Waals surface area contributed by atoms with Gasteiger partial charge in [0, 0.05) is 29.4 Å². The van der Waals surface area contributed by atoms with Gasteiger partial charge in [0.05, 0.1) is 5.56 Å². The Morgan fingerprint density at radius 2 is 2.10 bits per heavy atom. The summed E-state index contributed by atoms with van der Waals surface area (Å²) >= 11 is 0. The number of aromatic nitrogens is 2. The zero-order chi connectivity index (χ0) is 13.5. The highest BCUT2D eigenvalue weighted by atomic mass is 15.2. The molecule has 0 unspecified atom stereocenters. The second kappa shape index (κ2) is 4.03. The predicted molar refractivity (Wildman–Crippen MR) is 77.5 cm³/mol. The molecule has 0 amide bonds. The molecule has 4 rings (SSSR count). The van der Waals surface area contributed by atoms with Gasteiger partial charge in [-0.05, 0) is 35.9 Å². The van der Waals surface area contributed by atoms with Gasteiger partial charge in [-0.1, -0.05) is 4.70 Å². The monoisotopic (exact) mass is 262 g/mol. The fourth-order valence-corrected chi connectivity index (χ4v) is 2.37. The Labute approximate surface area is 115 Å². The van der Waals surface area contributed by atoms with Crippen LogP contribution in [0.3, 0.4) is 0 Å². The fraction of sp³-hybridized carbons (Fsp3) is 0. The first-order chi connectivity index (χ1) is 9.79. The van der Waals surface area contributed by atoms with E-state index in [1.165, 1.54) is 4.70 Å². The molecule has 2 aromatic heterocycles. The molecule has 0 radical (unpaired) electrons. The van der Waals surface area contributed by atoms with E-state index >= 15 is 0 Å². The number of nitrogens with zero attached hydrogens (tertiary/aromatic N) is 2. The Balaban J connectivity index is 1.68. The summed E-state index contributed by atoms with van der Waals surface area (Å²) < 4.78 is 1.36. The number of H-pyrrole nitrogens is 1. The summed E-state index contributed by atoms with van der Waals surface area (Å²) in [6, 6.07) is 11.9. The predicted octanol–water partition coefficient (Wildman–Crippen LogP) is 3.97. The molecule has 1 aliphatic rings. The van der Waals surface area contributed by atoms with Crippen LogP contribution < -0.4 is 5.32 Å². The molecule has 0 bridgehead atoms. The van der Waals surface area contributed by atoms with E-state index in [1.807, 2.05) is 48.7 Å². The van der Waals surface area contributed by atoms with E-state index in [0.717, 1.165) is 33.8 Å². The van der Waals surface area contributed by atoms with Crippen LogP contribution in [-0.2, 0) is 0 Å². The molecule has 0 spiro atoms. The maximum Gasteiger partial charge on any atom is 0.244 e. The molecule has 1 aliphatic heterocycles. The summed E-state index contributed by atoms with van der Waals surface area (Å²) in [4.78, 5) is 7.61. The number of fused-ring (bicyclic) bond motifs is 2. The Kier molecular flexibility index (Phi) is 2.20. The number of nitrogens with one attached hydrogen (secondary N) is 3. The maximum atomic E-state index is 7.69. The van der Waals surface area contributed by atoms with Crippen LogP contribution in [0.1, 0.15) is 5.56 Å². The molecule has 20 heavy (non-hydrogen) atoms. The lowest BCUT2D eigenvalue weighted by atomic mass is 10.2. The molecule has 0 atom stereocenters. The van der Waals surface area contributed by atoms with E-state index in [0.29, 0.717) is 0 Å². The first kappa shape index (κ1) is 10.9. The molecule has 5 nitrogen and oxygen atoms in total. The van der Waals surface area contributed by atoms with Crippen LogP contribution in [0.5, 0.6) is 0 Å². The molecule has 3 N–H and O–H groups in total. The van der Waals surface area contributed by atoms with Crippen molar-refractivity contribution in [1.82, 2.24) is 9.97 Å². The number of hydrogen-bond acceptors (Lipinski definition) is 3. The lowest BCUT2D eigenvalue weighted by Crippen LogP contribution is -1.94. The van der Waals surface area contributed by atoms with Gasteiger partial charge in [-0.3, -0.25) is 0 Å². The minimum Gasteiger partial charge on any atom is -0.346 e. The van der Waals surface area contributed by atoms with Gasteiger partial charge in [-0.25, -0.2) is 4.98 Å². The average Bonchev–Trinajstić information content (AvgIpc) is 3.05. The molecular formula is C15H12N5+. The summed E-state index contributed by atoms with van der Waals surface area (Å²) in [7, 11) is 0. The van der Waals surface area contributed by atoms with E-state index in [4.69, 9.17) is 5.53 Å². The van der Waals surface area contributed by atoms with Gasteiger partial charge in [0.25, 0.3) is 0 Å². The van der Waals surface area contributed by atoms with Crippen molar-refractivity contribution in [1.29, 1.82) is 5.53 Å². The molecule has 0 saturated carbocycles.